The van der Waals surface area contributed by atoms with Crippen LogP contribution in [0.15, 0.2) is 12.1 Å². The highest BCUT2D eigenvalue weighted by atomic mass is 16.6. The second kappa shape index (κ2) is 8.74. The number of ether oxygens (including phenoxy) is 2. The van der Waals surface area contributed by atoms with Gasteiger partial charge in [-0.15, -0.1) is 0 Å². The van der Waals surface area contributed by atoms with Crippen molar-refractivity contribution in [3.05, 3.63) is 28.8 Å². The van der Waals surface area contributed by atoms with E-state index in [-0.39, 0.29) is 12.7 Å². The summed E-state index contributed by atoms with van der Waals surface area (Å²) in [4.78, 5) is 13.6. The lowest BCUT2D eigenvalue weighted by molar-refractivity contribution is 0.102. The molecule has 2 N–H and O–H groups in total. The van der Waals surface area contributed by atoms with Crippen molar-refractivity contribution in [1.29, 1.82) is 0 Å². The molecule has 6 heteroatoms. The molecule has 0 radical (unpaired) electrons. The molecular weight excluding hydrogens is 296 g/mol. The van der Waals surface area contributed by atoms with E-state index in [0.29, 0.717) is 39.4 Å². The molecule has 6 nitrogen and oxygen atoms in total. The summed E-state index contributed by atoms with van der Waals surface area (Å²) >= 11 is 0. The van der Waals surface area contributed by atoms with E-state index in [2.05, 4.69) is 11.4 Å². The van der Waals surface area contributed by atoms with Gasteiger partial charge in [-0.05, 0) is 37.5 Å². The van der Waals surface area contributed by atoms with E-state index in [0.717, 1.165) is 23.3 Å². The largest absolute Gasteiger partial charge is 0.494 e. The van der Waals surface area contributed by atoms with Crippen LogP contribution in [0.1, 0.15) is 30.5 Å². The fourth-order valence-corrected chi connectivity index (χ4v) is 2.74. The molecule has 1 aliphatic heterocycles. The van der Waals surface area contributed by atoms with Gasteiger partial charge in [0.2, 0.25) is 0 Å². The fourth-order valence-electron chi connectivity index (χ4n) is 2.74. The molecule has 1 amide bonds. The molecule has 0 atom stereocenters. The molecular formula is C17H26N2O4. The van der Waals surface area contributed by atoms with E-state index in [1.807, 2.05) is 19.9 Å². The Morgan fingerprint density at radius 2 is 2.13 bits per heavy atom. The highest BCUT2D eigenvalue weighted by Crippen LogP contribution is 2.28. The SMILES string of the molecule is CCOC(=O)N1CCc2cc(CNCCO)c(OCC)cc2C1. The van der Waals surface area contributed by atoms with Gasteiger partial charge in [0.25, 0.3) is 0 Å². The third-order valence-electron chi connectivity index (χ3n) is 3.82. The number of carbonyl (C=O) groups is 1. The number of hydrogen-bond acceptors (Lipinski definition) is 5. The van der Waals surface area contributed by atoms with E-state index >= 15 is 0 Å². The zero-order chi connectivity index (χ0) is 16.7. The van der Waals surface area contributed by atoms with Gasteiger partial charge in [0, 0.05) is 31.7 Å². The summed E-state index contributed by atoms with van der Waals surface area (Å²) in [6.07, 6.45) is 0.554. The molecule has 23 heavy (non-hydrogen) atoms. The van der Waals surface area contributed by atoms with Crippen molar-refractivity contribution in [2.45, 2.75) is 33.4 Å². The van der Waals surface area contributed by atoms with E-state index in [1.165, 1.54) is 5.56 Å². The standard InChI is InChI=1S/C17H26N2O4/c1-3-22-16-10-15-12-19(17(21)23-4-2)7-5-13(15)9-14(16)11-18-6-8-20/h9-10,18,20H,3-8,11-12H2,1-2H3. The Kier molecular flexibility index (Phi) is 6.67. The van der Waals surface area contributed by atoms with Crippen LogP contribution in [0, 0.1) is 0 Å². The van der Waals surface area contributed by atoms with Gasteiger partial charge in [-0.25, -0.2) is 4.79 Å². The summed E-state index contributed by atoms with van der Waals surface area (Å²) in [5.74, 6) is 0.836. The topological polar surface area (TPSA) is 71.0 Å². The van der Waals surface area contributed by atoms with Crippen LogP contribution in [-0.4, -0.2) is 49.0 Å². The number of carbonyl (C=O) groups excluding carboxylic acids is 1. The van der Waals surface area contributed by atoms with Gasteiger partial charge in [0.1, 0.15) is 5.75 Å². The maximum atomic E-state index is 11.9. The third kappa shape index (κ3) is 4.59. The molecule has 0 saturated heterocycles. The number of fused-ring (bicyclic) bond motifs is 1. The minimum atomic E-state index is -0.259. The summed E-state index contributed by atoms with van der Waals surface area (Å²) < 4.78 is 10.8. The monoisotopic (exact) mass is 322 g/mol. The average Bonchev–Trinajstić information content (AvgIpc) is 2.55. The molecule has 0 unspecified atom stereocenters. The first-order valence-corrected chi connectivity index (χ1v) is 8.20. The Bertz CT molecular complexity index is 534. The third-order valence-corrected chi connectivity index (χ3v) is 3.82. The van der Waals surface area contributed by atoms with Crippen molar-refractivity contribution in [1.82, 2.24) is 10.2 Å². The number of nitrogens with zero attached hydrogens (tertiary/aromatic N) is 1. The molecule has 0 aliphatic carbocycles. The number of nitrogens with one attached hydrogen (secondary N) is 1. The number of hydrogen-bond donors (Lipinski definition) is 2. The van der Waals surface area contributed by atoms with Crippen LogP contribution < -0.4 is 10.1 Å². The fraction of sp³-hybridized carbons (Fsp3) is 0.588. The Balaban J connectivity index is 2.16. The molecule has 2 rings (SSSR count). The van der Waals surface area contributed by atoms with Crippen LogP contribution in [0.25, 0.3) is 0 Å². The van der Waals surface area contributed by atoms with Crippen molar-refractivity contribution in [3.8, 4) is 5.75 Å². The maximum Gasteiger partial charge on any atom is 0.410 e. The normalized spacial score (nSPS) is 13.6. The van der Waals surface area contributed by atoms with Crippen molar-refractivity contribution in [3.63, 3.8) is 0 Å². The summed E-state index contributed by atoms with van der Waals surface area (Å²) in [5.41, 5.74) is 3.44. The number of amides is 1. The van der Waals surface area contributed by atoms with Crippen LogP contribution in [0.2, 0.25) is 0 Å². The first-order valence-electron chi connectivity index (χ1n) is 8.20. The van der Waals surface area contributed by atoms with Crippen LogP contribution in [0.4, 0.5) is 4.79 Å². The second-order valence-corrected chi connectivity index (χ2v) is 5.43. The predicted octanol–water partition coefficient (Wildman–Crippen LogP) is 1.68. The Hall–Kier alpha value is -1.79. The maximum absolute atomic E-state index is 11.9. The van der Waals surface area contributed by atoms with Crippen LogP contribution in [0.3, 0.4) is 0 Å². The van der Waals surface area contributed by atoms with Crippen molar-refractivity contribution in [2.24, 2.45) is 0 Å². The van der Waals surface area contributed by atoms with Crippen molar-refractivity contribution in [2.75, 3.05) is 32.9 Å². The summed E-state index contributed by atoms with van der Waals surface area (Å²) in [6, 6.07) is 4.17. The molecule has 1 aromatic carbocycles. The average molecular weight is 322 g/mol. The number of aliphatic hydroxyl groups is 1. The van der Waals surface area contributed by atoms with Gasteiger partial charge < -0.3 is 24.8 Å². The number of aliphatic hydroxyl groups excluding tert-OH is 1. The molecule has 0 bridgehead atoms. The summed E-state index contributed by atoms with van der Waals surface area (Å²) in [5, 5.41) is 12.1. The van der Waals surface area contributed by atoms with Crippen LogP contribution >= 0.6 is 0 Å². The van der Waals surface area contributed by atoms with Gasteiger partial charge in [-0.3, -0.25) is 0 Å². The second-order valence-electron chi connectivity index (χ2n) is 5.43. The lowest BCUT2D eigenvalue weighted by Gasteiger charge is -2.29. The quantitative estimate of drug-likeness (QED) is 0.748. The van der Waals surface area contributed by atoms with Gasteiger partial charge in [0.15, 0.2) is 0 Å². The first-order chi connectivity index (χ1) is 11.2. The van der Waals surface area contributed by atoms with E-state index in [1.54, 1.807) is 4.90 Å². The van der Waals surface area contributed by atoms with Gasteiger partial charge >= 0.3 is 6.09 Å². The van der Waals surface area contributed by atoms with E-state index in [9.17, 15) is 4.79 Å². The van der Waals surface area contributed by atoms with Gasteiger partial charge in [0.05, 0.1) is 19.8 Å². The van der Waals surface area contributed by atoms with Crippen molar-refractivity contribution < 1.29 is 19.4 Å². The molecule has 128 valence electrons. The smallest absolute Gasteiger partial charge is 0.410 e. The molecule has 1 aromatic rings. The Morgan fingerprint density at radius 3 is 2.83 bits per heavy atom. The highest BCUT2D eigenvalue weighted by Gasteiger charge is 2.23. The highest BCUT2D eigenvalue weighted by molar-refractivity contribution is 5.68. The number of benzene rings is 1. The Labute approximate surface area is 137 Å². The molecule has 1 heterocycles. The molecule has 0 spiro atoms. The Morgan fingerprint density at radius 1 is 1.30 bits per heavy atom. The number of rotatable bonds is 7. The molecule has 0 aromatic heterocycles. The van der Waals surface area contributed by atoms with Crippen LogP contribution in [0.5, 0.6) is 5.75 Å². The van der Waals surface area contributed by atoms with Gasteiger partial charge in [-0.2, -0.15) is 0 Å². The van der Waals surface area contributed by atoms with E-state index < -0.39 is 0 Å². The van der Waals surface area contributed by atoms with Crippen LogP contribution in [-0.2, 0) is 24.2 Å². The van der Waals surface area contributed by atoms with Crippen molar-refractivity contribution >= 4 is 6.09 Å². The predicted molar refractivity (Wildman–Crippen MR) is 87.5 cm³/mol. The zero-order valence-electron chi connectivity index (χ0n) is 13.9. The minimum absolute atomic E-state index is 0.114. The minimum Gasteiger partial charge on any atom is -0.494 e. The lowest BCUT2D eigenvalue weighted by Crippen LogP contribution is -2.36. The molecule has 0 fully saturated rings. The first kappa shape index (κ1) is 17.6. The molecule has 1 aliphatic rings. The molecule has 0 saturated carbocycles. The van der Waals surface area contributed by atoms with Gasteiger partial charge in [-0.1, -0.05) is 6.07 Å². The zero-order valence-corrected chi connectivity index (χ0v) is 13.9. The lowest BCUT2D eigenvalue weighted by atomic mass is 9.96. The summed E-state index contributed by atoms with van der Waals surface area (Å²) in [6.45, 7) is 7.30. The summed E-state index contributed by atoms with van der Waals surface area (Å²) in [7, 11) is 0. The van der Waals surface area contributed by atoms with E-state index in [4.69, 9.17) is 14.6 Å².